The smallest absolute Gasteiger partial charge is 0.123 e. The Hall–Kier alpha value is -1.11. The van der Waals surface area contributed by atoms with E-state index < -0.39 is 0 Å². The summed E-state index contributed by atoms with van der Waals surface area (Å²) in [5, 5.41) is 0. The molecule has 0 bridgehead atoms. The van der Waals surface area contributed by atoms with Crippen molar-refractivity contribution in [2.45, 2.75) is 27.7 Å². The number of rotatable bonds is 1. The molecule has 0 nitrogen and oxygen atoms in total. The van der Waals surface area contributed by atoms with Gasteiger partial charge in [-0.3, -0.25) is 0 Å². The monoisotopic (exact) mass is 182 g/mol. The van der Waals surface area contributed by atoms with Crippen molar-refractivity contribution in [1.82, 2.24) is 0 Å². The number of halogens is 1. The molecule has 0 spiro atoms. The second-order valence-electron chi connectivity index (χ2n) is 1.76. The van der Waals surface area contributed by atoms with Crippen LogP contribution >= 0.6 is 0 Å². The van der Waals surface area contributed by atoms with Gasteiger partial charge in [0, 0.05) is 0 Å². The van der Waals surface area contributed by atoms with Gasteiger partial charge in [0.15, 0.2) is 0 Å². The van der Waals surface area contributed by atoms with E-state index >= 15 is 0 Å². The molecule has 0 aliphatic rings. The molecule has 0 fully saturated rings. The van der Waals surface area contributed by atoms with E-state index in [9.17, 15) is 4.39 Å². The summed E-state index contributed by atoms with van der Waals surface area (Å²) in [6.45, 7) is 11.5. The zero-order valence-electron chi connectivity index (χ0n) is 8.97. The highest BCUT2D eigenvalue weighted by atomic mass is 19.1. The highest BCUT2D eigenvalue weighted by molar-refractivity contribution is 5.45. The minimum atomic E-state index is -0.208. The summed E-state index contributed by atoms with van der Waals surface area (Å²) in [5.74, 6) is -0.208. The van der Waals surface area contributed by atoms with Gasteiger partial charge in [0.05, 0.1) is 0 Å². The third-order valence-corrected chi connectivity index (χ3v) is 1.11. The fraction of sp³-hybridized carbons (Fsp3) is 0.333. The molecule has 0 unspecified atom stereocenters. The molecule has 0 saturated heterocycles. The molecule has 0 aromatic heterocycles. The molecule has 0 aliphatic heterocycles. The fourth-order valence-corrected chi connectivity index (χ4v) is 0.599. The Morgan fingerprint density at radius 1 is 1.00 bits per heavy atom. The van der Waals surface area contributed by atoms with Crippen LogP contribution < -0.4 is 0 Å². The highest BCUT2D eigenvalue weighted by Gasteiger charge is 1.85. The van der Waals surface area contributed by atoms with E-state index in [1.807, 2.05) is 27.7 Å². The lowest BCUT2D eigenvalue weighted by atomic mass is 10.2. The van der Waals surface area contributed by atoms with E-state index in [1.165, 1.54) is 12.1 Å². The maximum Gasteiger partial charge on any atom is 0.123 e. The van der Waals surface area contributed by atoms with Gasteiger partial charge in [-0.2, -0.15) is 0 Å². The molecule has 0 N–H and O–H groups in total. The predicted octanol–water partition coefficient (Wildman–Crippen LogP) is 4.52. The maximum atomic E-state index is 12.2. The van der Waals surface area contributed by atoms with Crippen molar-refractivity contribution in [2.24, 2.45) is 0 Å². The van der Waals surface area contributed by atoms with Crippen molar-refractivity contribution in [3.63, 3.8) is 0 Å². The zero-order valence-corrected chi connectivity index (χ0v) is 8.97. The lowest BCUT2D eigenvalue weighted by molar-refractivity contribution is 0.628. The second kappa shape index (κ2) is 10.9. The summed E-state index contributed by atoms with van der Waals surface area (Å²) in [6.07, 6.45) is 1.68. The van der Waals surface area contributed by atoms with Gasteiger partial charge in [0.1, 0.15) is 5.82 Å². The summed E-state index contributed by atoms with van der Waals surface area (Å²) in [6, 6.07) is 6.19. The van der Waals surface area contributed by atoms with Gasteiger partial charge < -0.3 is 0 Å². The lowest BCUT2D eigenvalue weighted by Crippen LogP contribution is -1.72. The third-order valence-electron chi connectivity index (χ3n) is 1.11. The Bertz CT molecular complexity index is 199. The molecule has 1 aromatic carbocycles. The first-order chi connectivity index (χ1) is 6.33. The van der Waals surface area contributed by atoms with Crippen molar-refractivity contribution < 1.29 is 4.39 Å². The molecular weight excluding hydrogens is 163 g/mol. The van der Waals surface area contributed by atoms with Crippen LogP contribution in [-0.4, -0.2) is 0 Å². The third kappa shape index (κ3) is 7.26. The van der Waals surface area contributed by atoms with Crippen LogP contribution in [0.4, 0.5) is 4.39 Å². The minimum absolute atomic E-state index is 0.208. The van der Waals surface area contributed by atoms with Gasteiger partial charge >= 0.3 is 0 Å². The Labute approximate surface area is 81.1 Å². The van der Waals surface area contributed by atoms with E-state index in [4.69, 9.17) is 0 Å². The van der Waals surface area contributed by atoms with E-state index in [0.29, 0.717) is 0 Å². The summed E-state index contributed by atoms with van der Waals surface area (Å²) < 4.78 is 12.2. The average Bonchev–Trinajstić information content (AvgIpc) is 2.25. The molecular formula is C12H19F. The second-order valence-corrected chi connectivity index (χ2v) is 1.76. The van der Waals surface area contributed by atoms with E-state index in [0.717, 1.165) is 5.56 Å². The molecule has 0 amide bonds. The van der Waals surface area contributed by atoms with Crippen LogP contribution in [-0.2, 0) is 0 Å². The zero-order chi connectivity index (χ0) is 10.7. The summed E-state index contributed by atoms with van der Waals surface area (Å²) in [7, 11) is 0. The fourth-order valence-electron chi connectivity index (χ4n) is 0.599. The molecule has 0 saturated carbocycles. The molecule has 0 atom stereocenters. The van der Waals surface area contributed by atoms with Crippen LogP contribution in [0.15, 0.2) is 30.8 Å². The van der Waals surface area contributed by atoms with Crippen LogP contribution in [0.3, 0.4) is 0 Å². The maximum absolute atomic E-state index is 12.2. The molecule has 0 aliphatic carbocycles. The van der Waals surface area contributed by atoms with Crippen molar-refractivity contribution in [3.05, 3.63) is 42.2 Å². The normalized spacial score (nSPS) is 7.15. The van der Waals surface area contributed by atoms with Crippen LogP contribution in [0, 0.1) is 5.82 Å². The van der Waals surface area contributed by atoms with Gasteiger partial charge in [0.2, 0.25) is 0 Å². The Morgan fingerprint density at radius 3 is 1.69 bits per heavy atom. The molecule has 13 heavy (non-hydrogen) atoms. The van der Waals surface area contributed by atoms with Crippen molar-refractivity contribution in [3.8, 4) is 0 Å². The SMILES string of the molecule is C=Cc1ccc(F)cc1.CC.CC. The molecule has 0 heterocycles. The van der Waals surface area contributed by atoms with Gasteiger partial charge in [-0.05, 0) is 17.7 Å². The van der Waals surface area contributed by atoms with Crippen molar-refractivity contribution >= 4 is 6.08 Å². The van der Waals surface area contributed by atoms with Gasteiger partial charge in [0.25, 0.3) is 0 Å². The first-order valence-electron chi connectivity index (χ1n) is 4.71. The standard InChI is InChI=1S/C8H7F.2C2H6/c1-2-7-3-5-8(9)6-4-7;2*1-2/h2-6H,1H2;2*1-2H3. The first kappa shape index (κ1) is 14.4. The molecule has 1 rings (SSSR count). The topological polar surface area (TPSA) is 0 Å². The molecule has 1 aromatic rings. The van der Waals surface area contributed by atoms with Crippen LogP contribution in [0.5, 0.6) is 0 Å². The summed E-state index contributed by atoms with van der Waals surface area (Å²) in [5.41, 5.74) is 0.941. The lowest BCUT2D eigenvalue weighted by Gasteiger charge is -1.88. The quantitative estimate of drug-likeness (QED) is 0.599. The largest absolute Gasteiger partial charge is 0.207 e. The van der Waals surface area contributed by atoms with Crippen molar-refractivity contribution in [2.75, 3.05) is 0 Å². The first-order valence-corrected chi connectivity index (χ1v) is 4.71. The molecule has 1 heteroatoms. The van der Waals surface area contributed by atoms with E-state index in [-0.39, 0.29) is 5.82 Å². The number of hydrogen-bond acceptors (Lipinski definition) is 0. The van der Waals surface area contributed by atoms with E-state index in [2.05, 4.69) is 6.58 Å². The predicted molar refractivity (Wildman–Crippen MR) is 59.2 cm³/mol. The minimum Gasteiger partial charge on any atom is -0.207 e. The highest BCUT2D eigenvalue weighted by Crippen LogP contribution is 2.02. The van der Waals surface area contributed by atoms with E-state index in [1.54, 1.807) is 18.2 Å². The van der Waals surface area contributed by atoms with Gasteiger partial charge in [-0.1, -0.05) is 52.5 Å². The molecule has 74 valence electrons. The average molecular weight is 182 g/mol. The van der Waals surface area contributed by atoms with Gasteiger partial charge in [-0.25, -0.2) is 4.39 Å². The summed E-state index contributed by atoms with van der Waals surface area (Å²) in [4.78, 5) is 0. The Morgan fingerprint density at radius 2 is 1.38 bits per heavy atom. The van der Waals surface area contributed by atoms with Crippen molar-refractivity contribution in [1.29, 1.82) is 0 Å². The summed E-state index contributed by atoms with van der Waals surface area (Å²) >= 11 is 0. The number of benzene rings is 1. The van der Waals surface area contributed by atoms with Crippen LogP contribution in [0.1, 0.15) is 33.3 Å². The number of hydrogen-bond donors (Lipinski definition) is 0. The Balaban J connectivity index is 0. The Kier molecular flexibility index (Phi) is 12.1. The van der Waals surface area contributed by atoms with Crippen LogP contribution in [0.25, 0.3) is 6.08 Å². The van der Waals surface area contributed by atoms with Gasteiger partial charge in [-0.15, -0.1) is 0 Å². The van der Waals surface area contributed by atoms with Crippen LogP contribution in [0.2, 0.25) is 0 Å². The molecule has 0 radical (unpaired) electrons.